The fraction of sp³-hybridized carbons (Fsp3) is 0.246. The Bertz CT molecular complexity index is 4220. The number of unbranched alkanes of at least 4 members (excludes halogenated alkanes) is 1. The number of carbonyl (C=O) groups excluding carboxylic acids is 6. The zero-order chi connectivity index (χ0) is 59.0. The highest BCUT2D eigenvalue weighted by atomic mass is 32.2. The molecule has 18 heteroatoms. The van der Waals surface area contributed by atoms with Crippen molar-refractivity contribution >= 4 is 109 Å². The lowest BCUT2D eigenvalue weighted by Crippen LogP contribution is -2.42. The van der Waals surface area contributed by atoms with Gasteiger partial charge in [-0.1, -0.05) is 36.9 Å². The first-order valence-electron chi connectivity index (χ1n) is 27.3. The van der Waals surface area contributed by atoms with Crippen molar-refractivity contribution < 1.29 is 46.5 Å². The molecule has 7 aromatic rings. The fourth-order valence-electron chi connectivity index (χ4n) is 11.3. The maximum atomic E-state index is 14.2. The molecule has 16 nitrogen and oxygen atoms in total. The molecule has 3 N–H and O–H groups in total. The van der Waals surface area contributed by atoms with Crippen LogP contribution in [0.25, 0.3) is 78.3 Å². The Balaban J connectivity index is 0.872. The van der Waals surface area contributed by atoms with Crippen LogP contribution in [0.2, 0.25) is 0 Å². The maximum Gasteiger partial charge on any atom is 0.328 e. The number of benzene rings is 6. The second-order valence-electron chi connectivity index (χ2n) is 21.0. The molecule has 0 saturated carbocycles. The van der Waals surface area contributed by atoms with Crippen LogP contribution < -0.4 is 35.5 Å². The molecular formula is C65H63FN7O9S+. The van der Waals surface area contributed by atoms with Gasteiger partial charge in [0.1, 0.15) is 37.2 Å². The first-order valence-corrected chi connectivity index (χ1v) is 28.0. The summed E-state index contributed by atoms with van der Waals surface area (Å²) in [6.07, 6.45) is 6.80. The third-order valence-electron chi connectivity index (χ3n) is 15.3. The van der Waals surface area contributed by atoms with Crippen LogP contribution in [-0.2, 0) is 21.4 Å². The highest BCUT2D eigenvalue weighted by Crippen LogP contribution is 2.47. The number of ether oxygens (including phenoxy) is 2. The van der Waals surface area contributed by atoms with Gasteiger partial charge in [0.25, 0.3) is 23.6 Å². The molecule has 0 fully saturated rings. The van der Waals surface area contributed by atoms with Crippen molar-refractivity contribution in [2.24, 2.45) is 7.05 Å². The number of hydrogen-bond donors (Lipinski definition) is 3. The molecule has 3 aliphatic rings. The Morgan fingerprint density at radius 1 is 0.843 bits per heavy atom. The van der Waals surface area contributed by atoms with Crippen LogP contribution >= 0.6 is 12.1 Å². The van der Waals surface area contributed by atoms with Crippen molar-refractivity contribution in [3.05, 3.63) is 155 Å². The van der Waals surface area contributed by atoms with E-state index in [-0.39, 0.29) is 54.6 Å². The van der Waals surface area contributed by atoms with Gasteiger partial charge in [-0.15, -0.1) is 0 Å². The number of fused-ring (bicyclic) bond motifs is 10. The van der Waals surface area contributed by atoms with Crippen LogP contribution in [-0.4, -0.2) is 92.1 Å². The standard InChI is InChI=1S/C65H62FN7O9S/c1-10-16-43-49(11-2)72(9)59-55(43)57-58(64(78)69-63(57)77)56-44-17-12-13-19-50(44)73(60(56)59)36(3)30-32-80-65(79)48(68-62(76)38-20-25-42(83-66)26-21-38)18-14-15-31-67-61(75)39-22-27-45(51(33-39)81-37(4)74)54-46-28-23-40(70(5)6)34-52(46)82-53-35-41(71(7)8)24-29-47(53)54/h10-13,16-17,19-29,33-36,48H,2,14-15,18,30-32H2,1,3-9H3,(H2-,67,68,69,75,76,77,78)/p+1/b16-10-. The van der Waals surface area contributed by atoms with Crippen LogP contribution in [0.1, 0.15) is 105 Å². The van der Waals surface area contributed by atoms with Crippen molar-refractivity contribution in [1.82, 2.24) is 29.7 Å². The van der Waals surface area contributed by atoms with E-state index < -0.39 is 41.6 Å². The number of para-hydroxylation sites is 1. The van der Waals surface area contributed by atoms with Gasteiger partial charge in [0, 0.05) is 136 Å². The molecular weight excluding hydrogens is 1070 g/mol. The SMILES string of the molecule is C=Cc1c(/C=C\C)c2c3c(c4c5ccccc5n(C(C)CCOC(=O)C(CCCCNC(=O)c5ccc(-c6c7ccc(=[N+](C)C)cc-7oc7cc(N(C)C)ccc67)c(OC(C)=O)c5)NC(=O)c5ccc(SF)cc5)c4c2n1C)C(=O)NC3=O. The molecule has 2 atom stereocenters. The van der Waals surface area contributed by atoms with Gasteiger partial charge in [-0.2, -0.15) is 3.89 Å². The number of allylic oxidation sites excluding steroid dienone is 1. The summed E-state index contributed by atoms with van der Waals surface area (Å²) >= 11 is 0.0494. The lowest BCUT2D eigenvalue weighted by molar-refractivity contribution is -0.146. The summed E-state index contributed by atoms with van der Waals surface area (Å²) in [5.41, 5.74) is 8.61. The van der Waals surface area contributed by atoms with Crippen molar-refractivity contribution in [1.29, 1.82) is 0 Å². The van der Waals surface area contributed by atoms with E-state index in [4.69, 9.17) is 13.9 Å². The molecule has 4 amide bonds. The van der Waals surface area contributed by atoms with Gasteiger partial charge in [0.05, 0.1) is 47.0 Å². The number of aryl methyl sites for hydroxylation is 1. The molecule has 0 bridgehead atoms. The average Bonchev–Trinajstić information content (AvgIpc) is 1.82. The van der Waals surface area contributed by atoms with Crippen LogP contribution in [0.4, 0.5) is 9.57 Å². The quantitative estimate of drug-likeness (QED) is 0.0175. The predicted molar refractivity (Wildman–Crippen MR) is 325 cm³/mol. The molecule has 0 radical (unpaired) electrons. The molecule has 1 aliphatic carbocycles. The normalized spacial score (nSPS) is 13.0. The van der Waals surface area contributed by atoms with E-state index in [1.165, 1.54) is 31.2 Å². The topological polar surface area (TPSA) is 186 Å². The number of nitrogens with zero attached hydrogens (tertiary/aromatic N) is 4. The zero-order valence-corrected chi connectivity index (χ0v) is 48.2. The molecule has 0 spiro atoms. The van der Waals surface area contributed by atoms with E-state index in [0.717, 1.165) is 60.8 Å². The number of anilines is 1. The number of amides is 4. The number of hydrogen-bond acceptors (Lipinski definition) is 11. The van der Waals surface area contributed by atoms with Gasteiger partial charge >= 0.3 is 11.9 Å². The molecule has 424 valence electrons. The van der Waals surface area contributed by atoms with E-state index in [1.807, 2.05) is 136 Å². The molecule has 83 heavy (non-hydrogen) atoms. The van der Waals surface area contributed by atoms with E-state index in [9.17, 15) is 32.7 Å². The van der Waals surface area contributed by atoms with Gasteiger partial charge in [-0.3, -0.25) is 29.3 Å². The summed E-state index contributed by atoms with van der Waals surface area (Å²) in [4.78, 5) is 84.1. The van der Waals surface area contributed by atoms with E-state index >= 15 is 0 Å². The highest BCUT2D eigenvalue weighted by molar-refractivity contribution is 7.94. The van der Waals surface area contributed by atoms with E-state index in [0.29, 0.717) is 63.0 Å². The first kappa shape index (κ1) is 57.0. The van der Waals surface area contributed by atoms with E-state index in [1.54, 1.807) is 24.3 Å². The molecule has 0 saturated heterocycles. The number of imide groups is 1. The van der Waals surface area contributed by atoms with Crippen LogP contribution in [0.15, 0.2) is 125 Å². The van der Waals surface area contributed by atoms with Gasteiger partial charge in [0.2, 0.25) is 5.36 Å². The number of halogens is 1. The molecule has 5 aromatic carbocycles. The Labute approximate surface area is 482 Å². The number of carbonyl (C=O) groups is 6. The minimum Gasteiger partial charge on any atom is -0.464 e. The molecule has 2 aromatic heterocycles. The Morgan fingerprint density at radius 3 is 2.27 bits per heavy atom. The van der Waals surface area contributed by atoms with Crippen LogP contribution in [0.5, 0.6) is 5.75 Å². The van der Waals surface area contributed by atoms with Gasteiger partial charge < -0.3 is 38.6 Å². The summed E-state index contributed by atoms with van der Waals surface area (Å²) in [6, 6.07) is 29.0. The second kappa shape index (κ2) is 23.7. The Kier molecular flexibility index (Phi) is 16.2. The monoisotopic (exact) mass is 1140 g/mol. The smallest absolute Gasteiger partial charge is 0.328 e. The maximum absolute atomic E-state index is 14.2. The average molecular weight is 1140 g/mol. The van der Waals surface area contributed by atoms with E-state index in [2.05, 4.69) is 27.1 Å². The summed E-state index contributed by atoms with van der Waals surface area (Å²) in [5.74, 6) is -2.34. The van der Waals surface area contributed by atoms with Crippen molar-refractivity contribution in [2.45, 2.75) is 63.4 Å². The predicted octanol–water partition coefficient (Wildman–Crippen LogP) is 11.3. The number of esters is 2. The summed E-state index contributed by atoms with van der Waals surface area (Å²) in [6.45, 7) is 9.43. The lowest BCUT2D eigenvalue weighted by atomic mass is 9.92. The fourth-order valence-corrected chi connectivity index (χ4v) is 11.5. The number of aromatic nitrogens is 2. The minimum absolute atomic E-state index is 0.0459. The summed E-state index contributed by atoms with van der Waals surface area (Å²) < 4.78 is 37.8. The molecule has 10 rings (SSSR count). The third-order valence-corrected chi connectivity index (χ3v) is 15.7. The Hall–Kier alpha value is -9.29. The largest absolute Gasteiger partial charge is 0.464 e. The van der Waals surface area contributed by atoms with Crippen LogP contribution in [0.3, 0.4) is 0 Å². The van der Waals surface area contributed by atoms with Gasteiger partial charge in [0.15, 0.2) is 0 Å². The first-order chi connectivity index (χ1) is 39.9. The summed E-state index contributed by atoms with van der Waals surface area (Å²) in [5, 5.41) is 12.1. The molecule has 2 aliphatic heterocycles. The van der Waals surface area contributed by atoms with Crippen molar-refractivity contribution in [3.63, 3.8) is 0 Å². The molecule has 4 heterocycles. The number of rotatable bonds is 19. The summed E-state index contributed by atoms with van der Waals surface area (Å²) in [7, 11) is 9.70. The highest BCUT2D eigenvalue weighted by Gasteiger charge is 2.38. The van der Waals surface area contributed by atoms with Crippen LogP contribution in [0, 0.1) is 0 Å². The third kappa shape index (κ3) is 10.8. The lowest BCUT2D eigenvalue weighted by Gasteiger charge is -2.21. The van der Waals surface area contributed by atoms with Gasteiger partial charge in [-0.05, 0) is 106 Å². The Morgan fingerprint density at radius 2 is 1.57 bits per heavy atom. The number of nitrogens with one attached hydrogen (secondary N) is 3. The minimum atomic E-state index is -1.10. The van der Waals surface area contributed by atoms with Gasteiger partial charge in [-0.25, -0.2) is 9.37 Å². The molecule has 2 unspecified atom stereocenters. The second-order valence-corrected chi connectivity index (χ2v) is 21.7. The zero-order valence-electron chi connectivity index (χ0n) is 47.4. The van der Waals surface area contributed by atoms with Crippen molar-refractivity contribution in [2.75, 3.05) is 46.2 Å². The van der Waals surface area contributed by atoms with Crippen molar-refractivity contribution in [3.8, 4) is 28.2 Å².